The van der Waals surface area contributed by atoms with E-state index in [1.165, 1.54) is 0 Å². The zero-order valence-corrected chi connectivity index (χ0v) is 24.0. The van der Waals surface area contributed by atoms with E-state index in [1.54, 1.807) is 0 Å². The summed E-state index contributed by atoms with van der Waals surface area (Å²) in [6, 6.07) is 3.45. The Morgan fingerprint density at radius 1 is 0.977 bits per heavy atom. The monoisotopic (exact) mass is 660 g/mol. The quantitative estimate of drug-likeness (QED) is 0.216. The lowest BCUT2D eigenvalue weighted by atomic mass is 9.86. The first kappa shape index (κ1) is 32.9. The lowest BCUT2D eigenvalue weighted by Gasteiger charge is -2.28. The number of ketones is 1. The van der Waals surface area contributed by atoms with Crippen LogP contribution >= 0.6 is 23.2 Å². The third-order valence-electron chi connectivity index (χ3n) is 7.21. The third-order valence-corrected chi connectivity index (χ3v) is 7.81. The maximum absolute atomic E-state index is 14.4. The highest BCUT2D eigenvalue weighted by Crippen LogP contribution is 2.39. The van der Waals surface area contributed by atoms with Crippen molar-refractivity contribution < 1.29 is 46.2 Å². The fourth-order valence-electron chi connectivity index (χ4n) is 5.17. The number of carbonyl (C=O) groups excluding carboxylic acids is 3. The van der Waals surface area contributed by atoms with Crippen molar-refractivity contribution in [2.45, 2.75) is 44.4 Å². The number of primary amides is 1. The second kappa shape index (κ2) is 12.9. The number of carboxylic acids is 1. The Morgan fingerprint density at radius 3 is 2.05 bits per heavy atom. The fraction of sp³-hybridized carbons (Fsp3) is 0.321. The van der Waals surface area contributed by atoms with Crippen LogP contribution in [0.15, 0.2) is 36.5 Å². The summed E-state index contributed by atoms with van der Waals surface area (Å²) >= 11 is 12.3. The molecule has 0 spiro atoms. The van der Waals surface area contributed by atoms with Gasteiger partial charge in [-0.05, 0) is 55.5 Å². The number of hydrogen-bond donors (Lipinski definition) is 2. The van der Waals surface area contributed by atoms with Crippen molar-refractivity contribution >= 4 is 46.8 Å². The van der Waals surface area contributed by atoms with Crippen molar-refractivity contribution in [3.63, 3.8) is 0 Å². The molecule has 3 aromatic rings. The van der Waals surface area contributed by atoms with E-state index in [-0.39, 0.29) is 52.4 Å². The van der Waals surface area contributed by atoms with E-state index in [0.29, 0.717) is 21.8 Å². The predicted molar refractivity (Wildman–Crippen MR) is 146 cm³/mol. The van der Waals surface area contributed by atoms with Crippen molar-refractivity contribution in [1.29, 1.82) is 0 Å². The lowest BCUT2D eigenvalue weighted by molar-refractivity contribution is -0.147. The van der Waals surface area contributed by atoms with E-state index in [9.17, 15) is 46.2 Å². The average molecular weight is 661 g/mol. The molecule has 0 saturated heterocycles. The van der Waals surface area contributed by atoms with E-state index in [0.717, 1.165) is 24.3 Å². The third kappa shape index (κ3) is 7.18. The van der Waals surface area contributed by atoms with Crippen LogP contribution in [0.25, 0.3) is 0 Å². The Kier molecular flexibility index (Phi) is 9.64. The Bertz CT molecular complexity index is 1590. The molecule has 0 aliphatic heterocycles. The van der Waals surface area contributed by atoms with Crippen LogP contribution in [0.3, 0.4) is 0 Å². The van der Waals surface area contributed by atoms with E-state index < -0.39 is 77.7 Å². The van der Waals surface area contributed by atoms with Crippen LogP contribution in [0.2, 0.25) is 10.0 Å². The molecule has 1 aliphatic carbocycles. The molecule has 234 valence electrons. The molecule has 0 atom stereocenters. The Hall–Kier alpha value is -4.04. The summed E-state index contributed by atoms with van der Waals surface area (Å²) < 4.78 is 71.8. The number of hydrogen-bond acceptors (Lipinski definition) is 5. The number of halogens is 7. The molecule has 2 amide bonds. The minimum atomic E-state index is -5.11. The van der Waals surface area contributed by atoms with Gasteiger partial charge in [-0.15, -0.1) is 0 Å². The number of Topliss-reactive ketones (excluding diaryl/α,β-unsaturated/α-hetero) is 1. The number of benzene rings is 2. The van der Waals surface area contributed by atoms with Crippen LogP contribution in [0.4, 0.5) is 22.0 Å². The molecule has 0 unspecified atom stereocenters. The Labute approximate surface area is 256 Å². The summed E-state index contributed by atoms with van der Waals surface area (Å²) in [4.78, 5) is 50.5. The van der Waals surface area contributed by atoms with E-state index >= 15 is 0 Å². The number of nitrogens with two attached hydrogens (primary N) is 1. The van der Waals surface area contributed by atoms with Crippen LogP contribution in [-0.2, 0) is 17.5 Å². The molecular formula is C28H23Cl2F5N4O5. The van der Waals surface area contributed by atoms with Crippen molar-refractivity contribution in [3.05, 3.63) is 86.2 Å². The van der Waals surface area contributed by atoms with Gasteiger partial charge < -0.3 is 15.7 Å². The predicted octanol–water partition coefficient (Wildman–Crippen LogP) is 5.93. The number of alkyl halides is 3. The molecule has 9 nitrogen and oxygen atoms in total. The number of nitrogens with zero attached hydrogens (tertiary/aromatic N) is 3. The number of carbonyl (C=O) groups is 4. The average Bonchev–Trinajstić information content (AvgIpc) is 3.37. The molecule has 2 aromatic carbocycles. The second-order valence-electron chi connectivity index (χ2n) is 10.2. The first-order chi connectivity index (χ1) is 20.6. The number of rotatable bonds is 9. The molecule has 16 heteroatoms. The van der Waals surface area contributed by atoms with Crippen molar-refractivity contribution in [2.75, 3.05) is 6.54 Å². The van der Waals surface area contributed by atoms with Gasteiger partial charge in [0.2, 0.25) is 5.91 Å². The van der Waals surface area contributed by atoms with Gasteiger partial charge in [-0.1, -0.05) is 23.2 Å². The van der Waals surface area contributed by atoms with Gasteiger partial charge in [0.15, 0.2) is 11.5 Å². The molecule has 1 heterocycles. The maximum atomic E-state index is 14.4. The molecular weight excluding hydrogens is 638 g/mol. The van der Waals surface area contributed by atoms with Crippen LogP contribution in [0.1, 0.15) is 74.1 Å². The van der Waals surface area contributed by atoms with E-state index in [4.69, 9.17) is 28.9 Å². The van der Waals surface area contributed by atoms with E-state index in [2.05, 4.69) is 5.10 Å². The summed E-state index contributed by atoms with van der Waals surface area (Å²) in [5.41, 5.74) is 2.16. The fourth-order valence-corrected chi connectivity index (χ4v) is 5.87. The van der Waals surface area contributed by atoms with Gasteiger partial charge in [0, 0.05) is 18.2 Å². The van der Waals surface area contributed by atoms with Crippen molar-refractivity contribution in [3.8, 4) is 0 Å². The van der Waals surface area contributed by atoms with Crippen LogP contribution in [0.5, 0.6) is 0 Å². The summed E-state index contributed by atoms with van der Waals surface area (Å²) in [5.74, 6) is -7.07. The number of aliphatic carboxylic acids is 1. The SMILES string of the molecule is NC(=O)c1cc(Cl)c(C(=O)CN(Cc2cc(F)cc(F)c2)C(=O)c2cnn(C3CCC(C(=O)O)CC3)c2C(F)(F)F)c(Cl)c1. The normalized spacial score (nSPS) is 16.9. The second-order valence-corrected chi connectivity index (χ2v) is 11.0. The molecule has 1 aromatic heterocycles. The molecule has 1 aliphatic rings. The zero-order chi connectivity index (χ0) is 32.5. The van der Waals surface area contributed by atoms with Gasteiger partial charge in [0.1, 0.15) is 11.6 Å². The highest BCUT2D eigenvalue weighted by molar-refractivity contribution is 6.40. The highest BCUT2D eigenvalue weighted by Gasteiger charge is 2.43. The summed E-state index contributed by atoms with van der Waals surface area (Å²) in [7, 11) is 0. The van der Waals surface area contributed by atoms with Crippen LogP contribution < -0.4 is 5.73 Å². The molecule has 1 fully saturated rings. The topological polar surface area (TPSA) is 136 Å². The first-order valence-electron chi connectivity index (χ1n) is 13.0. The summed E-state index contributed by atoms with van der Waals surface area (Å²) in [6.07, 6.45) is -4.12. The smallest absolute Gasteiger partial charge is 0.433 e. The molecule has 3 N–H and O–H groups in total. The molecule has 4 rings (SSSR count). The first-order valence-corrected chi connectivity index (χ1v) is 13.8. The van der Waals surface area contributed by atoms with Gasteiger partial charge in [-0.25, -0.2) is 8.78 Å². The Morgan fingerprint density at radius 2 is 1.55 bits per heavy atom. The number of amides is 2. The lowest BCUT2D eigenvalue weighted by Crippen LogP contribution is -2.37. The van der Waals surface area contributed by atoms with Gasteiger partial charge in [0.25, 0.3) is 5.91 Å². The zero-order valence-electron chi connectivity index (χ0n) is 22.5. The minimum absolute atomic E-state index is 0.0540. The minimum Gasteiger partial charge on any atom is -0.481 e. The molecule has 0 radical (unpaired) electrons. The van der Waals surface area contributed by atoms with Crippen molar-refractivity contribution in [2.24, 2.45) is 11.7 Å². The largest absolute Gasteiger partial charge is 0.481 e. The van der Waals surface area contributed by atoms with Crippen molar-refractivity contribution in [1.82, 2.24) is 14.7 Å². The van der Waals surface area contributed by atoms with Crippen LogP contribution in [-0.4, -0.2) is 49.9 Å². The van der Waals surface area contributed by atoms with Crippen LogP contribution in [0, 0.1) is 17.6 Å². The summed E-state index contributed by atoms with van der Waals surface area (Å²) in [5, 5.41) is 12.4. The maximum Gasteiger partial charge on any atom is 0.433 e. The number of carboxylic acid groups (broad SMARTS) is 1. The van der Waals surface area contributed by atoms with Gasteiger partial charge in [0.05, 0.1) is 45.9 Å². The molecule has 44 heavy (non-hydrogen) atoms. The molecule has 0 bridgehead atoms. The number of aromatic nitrogens is 2. The van der Waals surface area contributed by atoms with Gasteiger partial charge in [-0.2, -0.15) is 18.3 Å². The standard InChI is InChI=1S/C28H23Cl2F5N4O5/c29-20-7-15(25(36)41)8-21(30)23(20)22(40)12-38(11-13-5-16(31)9-17(32)6-13)26(42)19-10-37-39(24(19)28(33,34)35)18-3-1-14(2-4-18)27(43)44/h5-10,14,18H,1-4,11-12H2,(H2,36,41)(H,43,44). The van der Waals surface area contributed by atoms with Gasteiger partial charge in [-0.3, -0.25) is 23.9 Å². The molecule has 1 saturated carbocycles. The Balaban J connectivity index is 1.74. The highest BCUT2D eigenvalue weighted by atomic mass is 35.5. The van der Waals surface area contributed by atoms with E-state index in [1.807, 2.05) is 0 Å². The summed E-state index contributed by atoms with van der Waals surface area (Å²) in [6.45, 7) is -1.65. The van der Waals surface area contributed by atoms with Gasteiger partial charge >= 0.3 is 12.1 Å².